The van der Waals surface area contributed by atoms with Gasteiger partial charge in [0.1, 0.15) is 10.8 Å². The van der Waals surface area contributed by atoms with E-state index in [1.807, 2.05) is 38.1 Å². The lowest BCUT2D eigenvalue weighted by atomic mass is 10.1. The number of aromatic hydroxyl groups is 1. The van der Waals surface area contributed by atoms with Gasteiger partial charge in [-0.2, -0.15) is 0 Å². The van der Waals surface area contributed by atoms with Gasteiger partial charge in [-0.3, -0.25) is 0 Å². The molecule has 4 rings (SSSR count). The fourth-order valence-electron chi connectivity index (χ4n) is 4.17. The summed E-state index contributed by atoms with van der Waals surface area (Å²) in [5.41, 5.74) is 2.44. The fraction of sp³-hybridized carbons (Fsp3) is 0.258. The zero-order valence-electron chi connectivity index (χ0n) is 25.1. The van der Waals surface area contributed by atoms with Crippen molar-refractivity contribution in [3.05, 3.63) is 78.5 Å². The normalized spacial score (nSPS) is 11.7. The highest BCUT2D eigenvalue weighted by molar-refractivity contribution is 7.89. The van der Waals surface area contributed by atoms with Crippen molar-refractivity contribution in [2.45, 2.75) is 57.6 Å². The van der Waals surface area contributed by atoms with Crippen molar-refractivity contribution in [1.29, 1.82) is 0 Å². The third-order valence-corrected chi connectivity index (χ3v) is 9.01. The Bertz CT molecular complexity index is 1750. The number of urea groups is 1. The Morgan fingerprint density at radius 1 is 1.00 bits per heavy atom. The summed E-state index contributed by atoms with van der Waals surface area (Å²) in [6, 6.07) is 18.6. The molecule has 44 heavy (non-hydrogen) atoms. The summed E-state index contributed by atoms with van der Waals surface area (Å²) < 4.78 is 29.9. The van der Waals surface area contributed by atoms with Crippen LogP contribution in [0, 0.1) is 0 Å². The lowest BCUT2D eigenvalue weighted by Crippen LogP contribution is -2.40. The quantitative estimate of drug-likeness (QED) is 0.116. The molecule has 10 nitrogen and oxygen atoms in total. The second-order valence-corrected chi connectivity index (χ2v) is 14.5. The number of thiazole rings is 1. The molecule has 0 atom stereocenters. The highest BCUT2D eigenvalue weighted by Gasteiger charge is 2.26. The average molecular weight is 653 g/mol. The molecule has 1 aromatic heterocycles. The molecular formula is C31H36N6O4S3. The van der Waals surface area contributed by atoms with Crippen LogP contribution in [0.4, 0.5) is 16.2 Å². The number of phenols is 1. The molecule has 0 unspecified atom stereocenters. The Labute approximate surface area is 267 Å². The first-order valence-electron chi connectivity index (χ1n) is 13.8. The van der Waals surface area contributed by atoms with Crippen LogP contribution in [0.2, 0.25) is 0 Å². The summed E-state index contributed by atoms with van der Waals surface area (Å²) in [5, 5.41) is 22.6. The minimum absolute atomic E-state index is 0.0131. The van der Waals surface area contributed by atoms with Crippen LogP contribution in [0.1, 0.15) is 40.2 Å². The van der Waals surface area contributed by atoms with Gasteiger partial charge in [0.25, 0.3) is 0 Å². The topological polar surface area (TPSA) is 144 Å². The molecule has 13 heteroatoms. The van der Waals surface area contributed by atoms with E-state index in [0.717, 1.165) is 16.3 Å². The molecule has 3 aromatic carbocycles. The summed E-state index contributed by atoms with van der Waals surface area (Å²) in [6.07, 6.45) is 1.65. The first kappa shape index (κ1) is 32.9. The number of aromatic nitrogens is 1. The Hall–Kier alpha value is -4.04. The summed E-state index contributed by atoms with van der Waals surface area (Å²) >= 11 is 6.68. The van der Waals surface area contributed by atoms with Crippen molar-refractivity contribution in [3.63, 3.8) is 0 Å². The molecule has 0 saturated carbocycles. The molecule has 0 radical (unpaired) electrons. The van der Waals surface area contributed by atoms with Crippen molar-refractivity contribution in [3.8, 4) is 26.8 Å². The predicted octanol–water partition coefficient (Wildman–Crippen LogP) is 6.28. The largest absolute Gasteiger partial charge is 0.508 e. The minimum Gasteiger partial charge on any atom is -0.508 e. The van der Waals surface area contributed by atoms with Crippen LogP contribution in [0.3, 0.4) is 0 Å². The Kier molecular flexibility index (Phi) is 10.3. The molecule has 1 heterocycles. The monoisotopic (exact) mass is 652 g/mol. The van der Waals surface area contributed by atoms with Gasteiger partial charge in [-0.15, -0.1) is 11.3 Å². The number of thiocarbonyl (C=S) groups is 1. The summed E-state index contributed by atoms with van der Waals surface area (Å²) in [4.78, 5) is 17.9. The van der Waals surface area contributed by atoms with Crippen LogP contribution in [0.25, 0.3) is 21.0 Å². The van der Waals surface area contributed by atoms with Crippen LogP contribution in [0.5, 0.6) is 5.75 Å². The van der Waals surface area contributed by atoms with E-state index in [0.29, 0.717) is 26.8 Å². The number of sulfonamides is 1. The zero-order valence-corrected chi connectivity index (χ0v) is 27.5. The SMILES string of the molecule is CC(C)NC(=S)Nc1ccc(-c2ncc(-c3ccc(NC(=O)NCc4cccc(O)c4)cc3S(=O)(=O)NC(C)(C)C)s2)cc1. The number of carbonyl (C=O) groups excluding carboxylic acids is 1. The number of rotatable bonds is 9. The van der Waals surface area contributed by atoms with Crippen molar-refractivity contribution in [2.75, 3.05) is 10.6 Å². The highest BCUT2D eigenvalue weighted by atomic mass is 32.2. The van der Waals surface area contributed by atoms with Crippen LogP contribution < -0.4 is 26.0 Å². The van der Waals surface area contributed by atoms with Crippen molar-refractivity contribution < 1.29 is 18.3 Å². The molecule has 0 aliphatic rings. The molecule has 2 amide bonds. The van der Waals surface area contributed by atoms with Gasteiger partial charge in [0, 0.05) is 46.8 Å². The molecule has 0 spiro atoms. The molecule has 4 aromatic rings. The number of benzene rings is 3. The van der Waals surface area contributed by atoms with Crippen LogP contribution >= 0.6 is 23.6 Å². The standard InChI is InChI=1S/C31H36N6O4S3/c1-19(2)34-30(42)36-22-11-9-21(10-12-22)28-32-18-26(43-28)25-14-13-23(16-27(25)44(40,41)37-31(3,4)5)35-29(39)33-17-20-7-6-8-24(38)15-20/h6-16,18-19,37-38H,17H2,1-5H3,(H2,33,35,39)(H2,34,36,42). The van der Waals surface area contributed by atoms with E-state index in [1.54, 1.807) is 63.4 Å². The maximum absolute atomic E-state index is 13.6. The minimum atomic E-state index is -3.99. The van der Waals surface area contributed by atoms with E-state index >= 15 is 0 Å². The second kappa shape index (κ2) is 13.7. The van der Waals surface area contributed by atoms with Crippen molar-refractivity contribution in [2.24, 2.45) is 0 Å². The molecular weight excluding hydrogens is 617 g/mol. The zero-order chi connectivity index (χ0) is 32.1. The van der Waals surface area contributed by atoms with Gasteiger partial charge in [0.2, 0.25) is 10.0 Å². The summed E-state index contributed by atoms with van der Waals surface area (Å²) in [7, 11) is -3.99. The molecule has 0 saturated heterocycles. The maximum Gasteiger partial charge on any atom is 0.319 e. The van der Waals surface area contributed by atoms with Crippen molar-refractivity contribution >= 4 is 56.1 Å². The highest BCUT2D eigenvalue weighted by Crippen LogP contribution is 2.37. The fourth-order valence-corrected chi connectivity index (χ4v) is 7.21. The number of nitrogens with zero attached hydrogens (tertiary/aromatic N) is 1. The lowest BCUT2D eigenvalue weighted by Gasteiger charge is -2.22. The average Bonchev–Trinajstić information content (AvgIpc) is 3.41. The molecule has 232 valence electrons. The predicted molar refractivity (Wildman–Crippen MR) is 182 cm³/mol. The molecule has 0 bridgehead atoms. The number of amides is 2. The summed E-state index contributed by atoms with van der Waals surface area (Å²) in [5.74, 6) is 0.0982. The van der Waals surface area contributed by atoms with Crippen molar-refractivity contribution in [1.82, 2.24) is 20.3 Å². The Morgan fingerprint density at radius 3 is 2.36 bits per heavy atom. The lowest BCUT2D eigenvalue weighted by molar-refractivity contribution is 0.251. The molecule has 0 fully saturated rings. The summed E-state index contributed by atoms with van der Waals surface area (Å²) in [6.45, 7) is 9.47. The second-order valence-electron chi connectivity index (χ2n) is 11.4. The number of hydrogen-bond donors (Lipinski definition) is 6. The van der Waals surface area contributed by atoms with Gasteiger partial charge in [-0.05, 0) is 101 Å². The van der Waals surface area contributed by atoms with E-state index in [1.165, 1.54) is 17.4 Å². The van der Waals surface area contributed by atoms with E-state index < -0.39 is 21.6 Å². The van der Waals surface area contributed by atoms with Crippen LogP contribution in [0.15, 0.2) is 77.8 Å². The first-order valence-corrected chi connectivity index (χ1v) is 16.5. The van der Waals surface area contributed by atoms with Crippen LogP contribution in [-0.2, 0) is 16.6 Å². The molecule has 6 N–H and O–H groups in total. The molecule has 0 aliphatic carbocycles. The van der Waals surface area contributed by atoms with Gasteiger partial charge in [0.15, 0.2) is 5.11 Å². The van der Waals surface area contributed by atoms with Gasteiger partial charge in [0.05, 0.1) is 9.77 Å². The first-order chi connectivity index (χ1) is 20.7. The van der Waals surface area contributed by atoms with Gasteiger partial charge < -0.3 is 26.4 Å². The van der Waals surface area contributed by atoms with E-state index in [9.17, 15) is 18.3 Å². The molecule has 0 aliphatic heterocycles. The third kappa shape index (κ3) is 9.23. The van der Waals surface area contributed by atoms with E-state index in [2.05, 4.69) is 31.0 Å². The Balaban J connectivity index is 1.58. The number of carbonyl (C=O) groups is 1. The number of hydrogen-bond acceptors (Lipinski definition) is 7. The van der Waals surface area contributed by atoms with Gasteiger partial charge >= 0.3 is 6.03 Å². The smallest absolute Gasteiger partial charge is 0.319 e. The van der Waals surface area contributed by atoms with E-state index in [4.69, 9.17) is 12.2 Å². The van der Waals surface area contributed by atoms with Gasteiger partial charge in [-0.25, -0.2) is 22.9 Å². The Morgan fingerprint density at radius 2 is 1.70 bits per heavy atom. The third-order valence-electron chi connectivity index (χ3n) is 5.91. The number of phenolic OH excluding ortho intramolecular Hbond substituents is 1. The number of nitrogens with one attached hydrogen (secondary N) is 5. The van der Waals surface area contributed by atoms with Crippen LogP contribution in [-0.4, -0.2) is 41.2 Å². The maximum atomic E-state index is 13.6. The van der Waals surface area contributed by atoms with E-state index in [-0.39, 0.29) is 23.2 Å². The van der Waals surface area contributed by atoms with Gasteiger partial charge in [-0.1, -0.05) is 18.2 Å². The number of anilines is 2.